The highest BCUT2D eigenvalue weighted by molar-refractivity contribution is 9.10. The summed E-state index contributed by atoms with van der Waals surface area (Å²) in [4.78, 5) is 13.7. The Bertz CT molecular complexity index is 1040. The van der Waals surface area contributed by atoms with Gasteiger partial charge >= 0.3 is 0 Å². The molecule has 1 amide bonds. The highest BCUT2D eigenvalue weighted by Gasteiger charge is 2.35. The quantitative estimate of drug-likeness (QED) is 0.724. The van der Waals surface area contributed by atoms with Crippen molar-refractivity contribution >= 4 is 43.2 Å². The smallest absolute Gasteiger partial charge is 0.264 e. The average Bonchev–Trinajstić information content (AvgIpc) is 2.95. The van der Waals surface area contributed by atoms with Crippen LogP contribution in [0.25, 0.3) is 0 Å². The third-order valence-corrected chi connectivity index (χ3v) is 6.43. The van der Waals surface area contributed by atoms with Crippen LogP contribution in [-0.4, -0.2) is 34.6 Å². The Kier molecular flexibility index (Phi) is 5.58. The summed E-state index contributed by atoms with van der Waals surface area (Å²) in [6.07, 6.45) is 0.583. The molecule has 0 aliphatic carbocycles. The number of rotatable bonds is 5. The zero-order chi connectivity index (χ0) is 20.6. The summed E-state index contributed by atoms with van der Waals surface area (Å²) in [5.41, 5.74) is 1.46. The zero-order valence-electron chi connectivity index (χ0n) is 15.9. The molecule has 0 aromatic heterocycles. The summed E-state index contributed by atoms with van der Waals surface area (Å²) >= 11 is 3.38. The summed E-state index contributed by atoms with van der Waals surface area (Å²) < 4.78 is 40.2. The second-order valence-electron chi connectivity index (χ2n) is 6.53. The fourth-order valence-electron chi connectivity index (χ4n) is 3.45. The predicted molar refractivity (Wildman–Crippen MR) is 111 cm³/mol. The van der Waals surface area contributed by atoms with Gasteiger partial charge in [-0.15, -0.1) is 0 Å². The van der Waals surface area contributed by atoms with Gasteiger partial charge in [0.15, 0.2) is 0 Å². The van der Waals surface area contributed by atoms with E-state index < -0.39 is 10.0 Å². The van der Waals surface area contributed by atoms with Crippen LogP contribution in [0.2, 0.25) is 0 Å². The van der Waals surface area contributed by atoms with Crippen LogP contribution in [0.15, 0.2) is 39.7 Å². The fourth-order valence-corrected chi connectivity index (χ4v) is 5.44. The SMILES string of the molecule is COc1ccc(OC)c(NS(=O)(=O)c2cc(Br)cc3c2N(C(C)=O)[C@@H](C)C3)c1. The van der Waals surface area contributed by atoms with Gasteiger partial charge in [0.2, 0.25) is 5.91 Å². The van der Waals surface area contributed by atoms with Crippen LogP contribution < -0.4 is 19.1 Å². The Balaban J connectivity index is 2.13. The van der Waals surface area contributed by atoms with E-state index in [1.165, 1.54) is 32.1 Å². The lowest BCUT2D eigenvalue weighted by molar-refractivity contribution is -0.116. The molecule has 0 unspecified atom stereocenters. The summed E-state index contributed by atoms with van der Waals surface area (Å²) in [6.45, 7) is 3.33. The Morgan fingerprint density at radius 3 is 2.54 bits per heavy atom. The molecule has 7 nitrogen and oxygen atoms in total. The molecule has 28 heavy (non-hydrogen) atoms. The average molecular weight is 469 g/mol. The third-order valence-electron chi connectivity index (χ3n) is 4.60. The van der Waals surface area contributed by atoms with Gasteiger partial charge in [0.05, 0.1) is 25.6 Å². The number of carbonyl (C=O) groups excluding carboxylic acids is 1. The molecule has 150 valence electrons. The summed E-state index contributed by atoms with van der Waals surface area (Å²) in [5, 5.41) is 0. The molecule has 2 aromatic carbocycles. The molecule has 1 N–H and O–H groups in total. The van der Waals surface area contributed by atoms with Gasteiger partial charge in [0.25, 0.3) is 10.0 Å². The van der Waals surface area contributed by atoms with Crippen molar-refractivity contribution in [2.24, 2.45) is 0 Å². The van der Waals surface area contributed by atoms with E-state index in [1.54, 1.807) is 18.2 Å². The Hall–Kier alpha value is -2.26. The molecule has 1 atom stereocenters. The van der Waals surface area contributed by atoms with Crippen molar-refractivity contribution in [1.29, 1.82) is 0 Å². The maximum Gasteiger partial charge on any atom is 0.264 e. The molecular weight excluding hydrogens is 448 g/mol. The van der Waals surface area contributed by atoms with Crippen molar-refractivity contribution in [2.45, 2.75) is 31.2 Å². The van der Waals surface area contributed by atoms with E-state index in [0.29, 0.717) is 28.1 Å². The third kappa shape index (κ3) is 3.68. The van der Waals surface area contributed by atoms with E-state index in [-0.39, 0.29) is 22.5 Å². The molecule has 0 radical (unpaired) electrons. The number of anilines is 2. The molecule has 0 bridgehead atoms. The number of sulfonamides is 1. The number of methoxy groups -OCH3 is 2. The Morgan fingerprint density at radius 1 is 1.21 bits per heavy atom. The number of nitrogens with zero attached hydrogens (tertiary/aromatic N) is 1. The number of carbonyl (C=O) groups is 1. The maximum absolute atomic E-state index is 13.3. The van der Waals surface area contributed by atoms with E-state index in [4.69, 9.17) is 9.47 Å². The normalized spacial score (nSPS) is 15.9. The largest absolute Gasteiger partial charge is 0.497 e. The van der Waals surface area contributed by atoms with Gasteiger partial charge in [-0.05, 0) is 43.2 Å². The molecule has 2 aromatic rings. The van der Waals surface area contributed by atoms with Crippen LogP contribution >= 0.6 is 15.9 Å². The first-order valence-electron chi connectivity index (χ1n) is 8.55. The van der Waals surface area contributed by atoms with E-state index >= 15 is 0 Å². The van der Waals surface area contributed by atoms with Crippen molar-refractivity contribution in [3.05, 3.63) is 40.4 Å². The van der Waals surface area contributed by atoms with Crippen LogP contribution in [0.3, 0.4) is 0 Å². The monoisotopic (exact) mass is 468 g/mol. The number of halogens is 1. The fraction of sp³-hybridized carbons (Fsp3) is 0.316. The van der Waals surface area contributed by atoms with Gasteiger partial charge < -0.3 is 14.4 Å². The van der Waals surface area contributed by atoms with E-state index in [0.717, 1.165) is 5.56 Å². The molecule has 0 saturated carbocycles. The number of hydrogen-bond acceptors (Lipinski definition) is 5. The summed E-state index contributed by atoms with van der Waals surface area (Å²) in [5.74, 6) is 0.633. The number of amides is 1. The number of ether oxygens (including phenoxy) is 2. The van der Waals surface area contributed by atoms with Crippen molar-refractivity contribution < 1.29 is 22.7 Å². The van der Waals surface area contributed by atoms with Crippen molar-refractivity contribution in [3.8, 4) is 11.5 Å². The van der Waals surface area contributed by atoms with E-state index in [1.807, 2.05) is 13.0 Å². The second-order valence-corrected chi connectivity index (χ2v) is 9.09. The van der Waals surface area contributed by atoms with Gasteiger partial charge in [-0.3, -0.25) is 9.52 Å². The van der Waals surface area contributed by atoms with Crippen LogP contribution in [-0.2, 0) is 21.2 Å². The highest BCUT2D eigenvalue weighted by Crippen LogP contribution is 2.41. The van der Waals surface area contributed by atoms with Crippen LogP contribution in [0, 0.1) is 0 Å². The maximum atomic E-state index is 13.3. The molecular formula is C19H21BrN2O5S. The van der Waals surface area contributed by atoms with Gasteiger partial charge in [0.1, 0.15) is 16.4 Å². The Labute approximate surface area is 172 Å². The first-order chi connectivity index (χ1) is 13.2. The minimum atomic E-state index is -4.02. The van der Waals surface area contributed by atoms with Crippen molar-refractivity contribution in [1.82, 2.24) is 0 Å². The number of benzene rings is 2. The number of hydrogen-bond donors (Lipinski definition) is 1. The summed E-state index contributed by atoms with van der Waals surface area (Å²) in [6, 6.07) is 8.06. The lowest BCUT2D eigenvalue weighted by Gasteiger charge is -2.23. The lowest BCUT2D eigenvalue weighted by Crippen LogP contribution is -2.34. The Morgan fingerprint density at radius 2 is 1.93 bits per heavy atom. The van der Waals surface area contributed by atoms with Gasteiger partial charge in [-0.2, -0.15) is 0 Å². The zero-order valence-corrected chi connectivity index (χ0v) is 18.3. The van der Waals surface area contributed by atoms with Gasteiger partial charge in [0, 0.05) is 23.5 Å². The van der Waals surface area contributed by atoms with Crippen molar-refractivity contribution in [3.63, 3.8) is 0 Å². The molecule has 3 rings (SSSR count). The molecule has 1 aliphatic rings. The molecule has 0 fully saturated rings. The standard InChI is InChI=1S/C19H21BrN2O5S/c1-11-7-13-8-14(20)9-18(19(13)22(11)12(2)23)28(24,25)21-16-10-15(26-3)5-6-17(16)27-4/h5-6,8-11,21H,7H2,1-4H3/t11-/m0/s1. The first-order valence-corrected chi connectivity index (χ1v) is 10.8. The lowest BCUT2D eigenvalue weighted by atomic mass is 10.1. The minimum Gasteiger partial charge on any atom is -0.497 e. The van der Waals surface area contributed by atoms with Gasteiger partial charge in [-0.1, -0.05) is 15.9 Å². The molecule has 1 heterocycles. The number of nitrogens with one attached hydrogen (secondary N) is 1. The van der Waals surface area contributed by atoms with Crippen LogP contribution in [0.5, 0.6) is 11.5 Å². The molecule has 9 heteroatoms. The second kappa shape index (κ2) is 7.63. The molecule has 0 saturated heterocycles. The number of fused-ring (bicyclic) bond motifs is 1. The van der Waals surface area contributed by atoms with Crippen LogP contribution in [0.1, 0.15) is 19.4 Å². The first kappa shape index (κ1) is 20.5. The molecule has 0 spiro atoms. The van der Waals surface area contributed by atoms with Crippen molar-refractivity contribution in [2.75, 3.05) is 23.8 Å². The highest BCUT2D eigenvalue weighted by atomic mass is 79.9. The summed E-state index contributed by atoms with van der Waals surface area (Å²) in [7, 11) is -1.07. The van der Waals surface area contributed by atoms with Crippen LogP contribution in [0.4, 0.5) is 11.4 Å². The minimum absolute atomic E-state index is 0.0290. The van der Waals surface area contributed by atoms with E-state index in [9.17, 15) is 13.2 Å². The van der Waals surface area contributed by atoms with E-state index in [2.05, 4.69) is 20.7 Å². The predicted octanol–water partition coefficient (Wildman–Crippen LogP) is 3.56. The van der Waals surface area contributed by atoms with Gasteiger partial charge in [-0.25, -0.2) is 8.42 Å². The topological polar surface area (TPSA) is 84.9 Å². The molecule has 1 aliphatic heterocycles.